The van der Waals surface area contributed by atoms with Crippen LogP contribution in [0.1, 0.15) is 27.0 Å². The van der Waals surface area contributed by atoms with E-state index in [0.717, 1.165) is 16.7 Å². The molecule has 0 radical (unpaired) electrons. The highest BCUT2D eigenvalue weighted by Gasteiger charge is 2.25. The third kappa shape index (κ3) is 5.41. The van der Waals surface area contributed by atoms with Crippen LogP contribution in [0.5, 0.6) is 0 Å². The first kappa shape index (κ1) is 24.2. The lowest BCUT2D eigenvalue weighted by molar-refractivity contribution is 0.102. The molecule has 1 amide bonds. The van der Waals surface area contributed by atoms with Crippen LogP contribution in [0.3, 0.4) is 0 Å². The van der Waals surface area contributed by atoms with E-state index in [4.69, 9.17) is 0 Å². The van der Waals surface area contributed by atoms with E-state index in [9.17, 15) is 17.6 Å². The molecule has 4 rings (SSSR count). The number of benzene rings is 4. The number of amides is 1. The van der Waals surface area contributed by atoms with Crippen molar-refractivity contribution in [1.82, 2.24) is 0 Å². The summed E-state index contributed by atoms with van der Waals surface area (Å²) in [5.41, 5.74) is 3.78. The van der Waals surface area contributed by atoms with Gasteiger partial charge in [-0.15, -0.1) is 0 Å². The maximum atomic E-state index is 13.9. The Kier molecular flexibility index (Phi) is 6.98. The maximum Gasteiger partial charge on any atom is 0.264 e. The molecule has 7 heteroatoms. The third-order valence-corrected chi connectivity index (χ3v) is 7.55. The highest BCUT2D eigenvalue weighted by Crippen LogP contribution is 2.28. The van der Waals surface area contributed by atoms with Gasteiger partial charge in [0.1, 0.15) is 5.82 Å². The summed E-state index contributed by atoms with van der Waals surface area (Å²) in [4.78, 5) is 12.6. The molecular formula is C28H25FN2O3S. The second-order valence-electron chi connectivity index (χ2n) is 8.22. The average molecular weight is 489 g/mol. The monoisotopic (exact) mass is 488 g/mol. The molecule has 0 fully saturated rings. The maximum absolute atomic E-state index is 13.9. The molecule has 0 bridgehead atoms. The zero-order valence-electron chi connectivity index (χ0n) is 19.4. The number of hydrogen-bond acceptors (Lipinski definition) is 3. The lowest BCUT2D eigenvalue weighted by Crippen LogP contribution is -2.30. The van der Waals surface area contributed by atoms with Gasteiger partial charge < -0.3 is 5.32 Å². The molecule has 35 heavy (non-hydrogen) atoms. The fourth-order valence-electron chi connectivity index (χ4n) is 3.62. The predicted molar refractivity (Wildman–Crippen MR) is 137 cm³/mol. The molecule has 0 saturated carbocycles. The number of aryl methyl sites for hydroxylation is 2. The molecular weight excluding hydrogens is 463 g/mol. The Morgan fingerprint density at radius 3 is 2.14 bits per heavy atom. The van der Waals surface area contributed by atoms with Gasteiger partial charge in [-0.3, -0.25) is 9.10 Å². The van der Waals surface area contributed by atoms with E-state index in [1.54, 1.807) is 66.7 Å². The van der Waals surface area contributed by atoms with E-state index in [0.29, 0.717) is 11.4 Å². The number of carbonyl (C=O) groups is 1. The van der Waals surface area contributed by atoms with Crippen LogP contribution in [0.2, 0.25) is 0 Å². The van der Waals surface area contributed by atoms with Gasteiger partial charge >= 0.3 is 0 Å². The Hall–Kier alpha value is -3.97. The van der Waals surface area contributed by atoms with Crippen LogP contribution in [0.25, 0.3) is 0 Å². The van der Waals surface area contributed by atoms with Crippen molar-refractivity contribution in [3.05, 3.63) is 125 Å². The molecule has 0 spiro atoms. The fraction of sp³-hybridized carbons (Fsp3) is 0.107. The fourth-order valence-corrected chi connectivity index (χ4v) is 5.08. The minimum absolute atomic E-state index is 0.0496. The molecule has 0 aliphatic rings. The molecule has 1 N–H and O–H groups in total. The topological polar surface area (TPSA) is 66.5 Å². The van der Waals surface area contributed by atoms with Crippen molar-refractivity contribution in [2.45, 2.75) is 25.3 Å². The van der Waals surface area contributed by atoms with Crippen molar-refractivity contribution < 1.29 is 17.6 Å². The van der Waals surface area contributed by atoms with Crippen LogP contribution in [-0.2, 0) is 16.6 Å². The Morgan fingerprint density at radius 1 is 0.829 bits per heavy atom. The predicted octanol–water partition coefficient (Wildman–Crippen LogP) is 6.09. The number of halogens is 1. The first-order valence-electron chi connectivity index (χ1n) is 11.1. The summed E-state index contributed by atoms with van der Waals surface area (Å²) in [7, 11) is -3.83. The lowest BCUT2D eigenvalue weighted by atomic mass is 10.1. The number of nitrogens with one attached hydrogen (secondary N) is 1. The largest absolute Gasteiger partial charge is 0.322 e. The Morgan fingerprint density at radius 2 is 1.49 bits per heavy atom. The molecule has 0 heterocycles. The number of sulfonamides is 1. The molecule has 0 unspecified atom stereocenters. The summed E-state index contributed by atoms with van der Waals surface area (Å²) in [6.45, 7) is 4.02. The van der Waals surface area contributed by atoms with Crippen LogP contribution in [0.15, 0.2) is 102 Å². The van der Waals surface area contributed by atoms with Gasteiger partial charge in [-0.25, -0.2) is 12.8 Å². The van der Waals surface area contributed by atoms with Crippen molar-refractivity contribution in [1.29, 1.82) is 0 Å². The van der Waals surface area contributed by atoms with Gasteiger partial charge in [0.25, 0.3) is 15.9 Å². The minimum atomic E-state index is -3.83. The lowest BCUT2D eigenvalue weighted by Gasteiger charge is -2.25. The van der Waals surface area contributed by atoms with Crippen molar-refractivity contribution in [3.63, 3.8) is 0 Å². The second kappa shape index (κ2) is 10.1. The summed E-state index contributed by atoms with van der Waals surface area (Å²) in [6, 6.07) is 26.4. The SMILES string of the molecule is Cc1ccc(N(Cc2ccc(NC(=O)c3ccccc3F)cc2)S(=O)(=O)c2ccccc2)cc1C. The summed E-state index contributed by atoms with van der Waals surface area (Å²) in [5, 5.41) is 2.67. The highest BCUT2D eigenvalue weighted by atomic mass is 32.2. The first-order chi connectivity index (χ1) is 16.8. The standard InChI is InChI=1S/C28H25FN2O3S/c1-20-12-17-24(18-21(20)2)31(35(33,34)25-8-4-3-5-9-25)19-22-13-15-23(16-14-22)30-28(32)26-10-6-7-11-27(26)29/h3-18H,19H2,1-2H3,(H,30,32). The van der Waals surface area contributed by atoms with Gasteiger partial charge in [0.2, 0.25) is 0 Å². The zero-order chi connectivity index (χ0) is 25.0. The van der Waals surface area contributed by atoms with Crippen LogP contribution < -0.4 is 9.62 Å². The highest BCUT2D eigenvalue weighted by molar-refractivity contribution is 7.92. The van der Waals surface area contributed by atoms with Crippen LogP contribution in [0.4, 0.5) is 15.8 Å². The quantitative estimate of drug-likeness (QED) is 0.342. The van der Waals surface area contributed by atoms with E-state index in [-0.39, 0.29) is 17.0 Å². The smallest absolute Gasteiger partial charge is 0.264 e. The molecule has 4 aromatic carbocycles. The number of carbonyl (C=O) groups excluding carboxylic acids is 1. The third-order valence-electron chi connectivity index (χ3n) is 5.77. The molecule has 0 aliphatic carbocycles. The van der Waals surface area contributed by atoms with Gasteiger partial charge in [-0.05, 0) is 79.1 Å². The molecule has 178 valence electrons. The van der Waals surface area contributed by atoms with Crippen LogP contribution in [-0.4, -0.2) is 14.3 Å². The number of anilines is 2. The van der Waals surface area contributed by atoms with E-state index >= 15 is 0 Å². The summed E-state index contributed by atoms with van der Waals surface area (Å²) in [6.07, 6.45) is 0. The van der Waals surface area contributed by atoms with E-state index in [2.05, 4.69) is 5.32 Å². The Balaban J connectivity index is 1.61. The van der Waals surface area contributed by atoms with E-state index in [1.165, 1.54) is 22.5 Å². The molecule has 0 atom stereocenters. The van der Waals surface area contributed by atoms with Crippen molar-refractivity contribution in [3.8, 4) is 0 Å². The van der Waals surface area contributed by atoms with Crippen molar-refractivity contribution in [2.75, 3.05) is 9.62 Å². The van der Waals surface area contributed by atoms with Gasteiger partial charge in [-0.2, -0.15) is 0 Å². The van der Waals surface area contributed by atoms with Crippen LogP contribution >= 0.6 is 0 Å². The van der Waals surface area contributed by atoms with Gasteiger partial charge in [0, 0.05) is 5.69 Å². The first-order valence-corrected chi connectivity index (χ1v) is 12.5. The molecule has 0 aliphatic heterocycles. The molecule has 0 saturated heterocycles. The molecule has 4 aromatic rings. The second-order valence-corrected chi connectivity index (χ2v) is 10.1. The number of hydrogen-bond donors (Lipinski definition) is 1. The van der Waals surface area contributed by atoms with Gasteiger partial charge in [0.05, 0.1) is 22.7 Å². The summed E-state index contributed by atoms with van der Waals surface area (Å²) in [5.74, 6) is -1.16. The summed E-state index contributed by atoms with van der Waals surface area (Å²) >= 11 is 0. The van der Waals surface area contributed by atoms with Crippen molar-refractivity contribution in [2.24, 2.45) is 0 Å². The van der Waals surface area contributed by atoms with E-state index < -0.39 is 21.7 Å². The van der Waals surface area contributed by atoms with Crippen LogP contribution in [0, 0.1) is 19.7 Å². The van der Waals surface area contributed by atoms with E-state index in [1.807, 2.05) is 26.0 Å². The van der Waals surface area contributed by atoms with Crippen molar-refractivity contribution >= 4 is 27.3 Å². The number of rotatable bonds is 7. The average Bonchev–Trinajstić information content (AvgIpc) is 2.86. The number of nitrogens with zero attached hydrogens (tertiary/aromatic N) is 1. The van der Waals surface area contributed by atoms with Gasteiger partial charge in [-0.1, -0.05) is 48.5 Å². The zero-order valence-corrected chi connectivity index (χ0v) is 20.2. The normalized spacial score (nSPS) is 11.2. The minimum Gasteiger partial charge on any atom is -0.322 e. The molecule has 5 nitrogen and oxygen atoms in total. The summed E-state index contributed by atoms with van der Waals surface area (Å²) < 4.78 is 42.4. The van der Waals surface area contributed by atoms with Gasteiger partial charge in [0.15, 0.2) is 0 Å². The molecule has 0 aromatic heterocycles. The Labute approximate surface area is 204 Å². The Bertz CT molecular complexity index is 1450.